The van der Waals surface area contributed by atoms with Gasteiger partial charge < -0.3 is 15.6 Å². The number of hydrogen-bond donors (Lipinski definition) is 2. The first-order valence-corrected chi connectivity index (χ1v) is 10.4. The molecule has 3 aliphatic rings. The smallest absolute Gasteiger partial charge is 0.226 e. The number of halogens is 2. The maximum absolute atomic E-state index is 13.3. The molecule has 1 aliphatic carbocycles. The van der Waals surface area contributed by atoms with Crippen LogP contribution in [0.5, 0.6) is 0 Å². The van der Waals surface area contributed by atoms with Crippen LogP contribution in [0.15, 0.2) is 24.7 Å². The highest BCUT2D eigenvalue weighted by atomic mass is 35.5. The minimum absolute atomic E-state index is 0. The van der Waals surface area contributed by atoms with Crippen molar-refractivity contribution in [1.29, 1.82) is 0 Å². The molecule has 9 heteroatoms. The number of aromatic nitrogens is 3. The molecule has 3 N–H and O–H groups in total. The Hall–Kier alpha value is -1.83. The van der Waals surface area contributed by atoms with E-state index in [9.17, 15) is 4.79 Å². The topological polar surface area (TPSA) is 91.1 Å². The molecule has 4 heterocycles. The number of nitrogens with two attached hydrogens (primary N) is 1. The number of pyridine rings is 1. The van der Waals surface area contributed by atoms with Gasteiger partial charge in [0.2, 0.25) is 5.91 Å². The van der Waals surface area contributed by atoms with E-state index in [1.54, 1.807) is 12.5 Å². The molecular formula is C21H30Cl2N6O. The van der Waals surface area contributed by atoms with Crippen molar-refractivity contribution in [1.82, 2.24) is 24.8 Å². The SMILES string of the molecule is Cl.Cl.Nc1ncccc1CN1CCC2(CC1)c1nc[nH]c1CCN2C(=O)C1CCC1. The fourth-order valence-corrected chi connectivity index (χ4v) is 5.09. The molecule has 2 aliphatic heterocycles. The molecule has 0 unspecified atom stereocenters. The number of carbonyl (C=O) groups excluding carboxylic acids is 1. The fraction of sp³-hybridized carbons (Fsp3) is 0.571. The van der Waals surface area contributed by atoms with E-state index in [1.165, 1.54) is 12.1 Å². The Balaban J connectivity index is 0.00000128. The third-order valence-electron chi connectivity index (χ3n) is 6.98. The number of fused-ring (bicyclic) bond motifs is 2. The van der Waals surface area contributed by atoms with Crippen LogP contribution in [0.2, 0.25) is 0 Å². The van der Waals surface area contributed by atoms with Crippen LogP contribution in [0.25, 0.3) is 0 Å². The summed E-state index contributed by atoms with van der Waals surface area (Å²) in [6.07, 6.45) is 9.53. The van der Waals surface area contributed by atoms with E-state index in [0.29, 0.717) is 11.7 Å². The van der Waals surface area contributed by atoms with E-state index in [-0.39, 0.29) is 36.3 Å². The predicted octanol–water partition coefficient (Wildman–Crippen LogP) is 2.91. The zero-order valence-electron chi connectivity index (χ0n) is 17.0. The fourth-order valence-electron chi connectivity index (χ4n) is 5.09. The molecule has 1 spiro atoms. The van der Waals surface area contributed by atoms with E-state index in [0.717, 1.165) is 69.5 Å². The maximum Gasteiger partial charge on any atom is 0.226 e. The summed E-state index contributed by atoms with van der Waals surface area (Å²) >= 11 is 0. The molecule has 2 aromatic rings. The summed E-state index contributed by atoms with van der Waals surface area (Å²) in [5.41, 5.74) is 9.17. The van der Waals surface area contributed by atoms with Gasteiger partial charge in [0.25, 0.3) is 0 Å². The molecular weight excluding hydrogens is 423 g/mol. The average Bonchev–Trinajstić information content (AvgIpc) is 3.14. The number of nitrogens with zero attached hydrogens (tertiary/aromatic N) is 4. The van der Waals surface area contributed by atoms with Gasteiger partial charge in [-0.25, -0.2) is 9.97 Å². The molecule has 164 valence electrons. The van der Waals surface area contributed by atoms with Gasteiger partial charge >= 0.3 is 0 Å². The van der Waals surface area contributed by atoms with Gasteiger partial charge in [0.05, 0.1) is 17.6 Å². The Morgan fingerprint density at radius 2 is 1.97 bits per heavy atom. The van der Waals surface area contributed by atoms with Crippen LogP contribution >= 0.6 is 24.8 Å². The summed E-state index contributed by atoms with van der Waals surface area (Å²) in [6.45, 7) is 3.46. The van der Waals surface area contributed by atoms with Gasteiger partial charge in [-0.1, -0.05) is 12.5 Å². The molecule has 0 aromatic carbocycles. The number of anilines is 1. The van der Waals surface area contributed by atoms with Gasteiger partial charge in [-0.05, 0) is 31.7 Å². The van der Waals surface area contributed by atoms with Crippen LogP contribution in [0.4, 0.5) is 5.82 Å². The van der Waals surface area contributed by atoms with Gasteiger partial charge in [0, 0.05) is 56.0 Å². The summed E-state index contributed by atoms with van der Waals surface area (Å²) in [5.74, 6) is 1.19. The van der Waals surface area contributed by atoms with E-state index >= 15 is 0 Å². The molecule has 0 radical (unpaired) electrons. The zero-order valence-corrected chi connectivity index (χ0v) is 18.7. The Bertz CT molecular complexity index is 876. The quantitative estimate of drug-likeness (QED) is 0.746. The molecule has 7 nitrogen and oxygen atoms in total. The number of imidazole rings is 1. The minimum Gasteiger partial charge on any atom is -0.383 e. The molecule has 2 aromatic heterocycles. The van der Waals surface area contributed by atoms with Crippen LogP contribution < -0.4 is 5.73 Å². The Labute approximate surface area is 189 Å². The highest BCUT2D eigenvalue weighted by Crippen LogP contribution is 2.44. The lowest BCUT2D eigenvalue weighted by molar-refractivity contribution is -0.149. The van der Waals surface area contributed by atoms with Crippen molar-refractivity contribution < 1.29 is 4.79 Å². The standard InChI is InChI=1S/C21H28N6O.2ClH/c22-19-16(5-2-9-23-19)13-26-11-7-21(8-12-26)18-17(24-14-25-18)6-10-27(21)20(28)15-3-1-4-15;;/h2,5,9,14-15H,1,3-4,6-8,10-13H2,(H2,22,23)(H,24,25);2*1H. The van der Waals surface area contributed by atoms with Crippen molar-refractivity contribution in [2.45, 2.75) is 50.6 Å². The third-order valence-corrected chi connectivity index (χ3v) is 6.98. The largest absolute Gasteiger partial charge is 0.383 e. The Morgan fingerprint density at radius 1 is 1.20 bits per heavy atom. The summed E-state index contributed by atoms with van der Waals surface area (Å²) < 4.78 is 0. The molecule has 1 amide bonds. The second-order valence-corrected chi connectivity index (χ2v) is 8.45. The molecule has 30 heavy (non-hydrogen) atoms. The number of hydrogen-bond acceptors (Lipinski definition) is 5. The van der Waals surface area contributed by atoms with E-state index < -0.39 is 0 Å². The third kappa shape index (κ3) is 3.79. The lowest BCUT2D eigenvalue weighted by atomic mass is 9.76. The second-order valence-electron chi connectivity index (χ2n) is 8.45. The molecule has 0 atom stereocenters. The zero-order chi connectivity index (χ0) is 19.1. The molecule has 0 bridgehead atoms. The first-order chi connectivity index (χ1) is 13.7. The number of amides is 1. The van der Waals surface area contributed by atoms with E-state index in [4.69, 9.17) is 10.7 Å². The van der Waals surface area contributed by atoms with Crippen molar-refractivity contribution >= 4 is 36.5 Å². The maximum atomic E-state index is 13.3. The monoisotopic (exact) mass is 452 g/mol. The number of likely N-dealkylation sites (tertiary alicyclic amines) is 1. The van der Waals surface area contributed by atoms with Crippen molar-refractivity contribution in [2.24, 2.45) is 5.92 Å². The average molecular weight is 453 g/mol. The lowest BCUT2D eigenvalue weighted by Gasteiger charge is -2.52. The number of rotatable bonds is 3. The van der Waals surface area contributed by atoms with Crippen LogP contribution in [0.3, 0.4) is 0 Å². The van der Waals surface area contributed by atoms with Gasteiger partial charge in [-0.15, -0.1) is 24.8 Å². The normalized spacial score (nSPS) is 20.6. The van der Waals surface area contributed by atoms with Crippen LogP contribution in [-0.4, -0.2) is 50.3 Å². The van der Waals surface area contributed by atoms with Crippen molar-refractivity contribution in [3.05, 3.63) is 41.6 Å². The first-order valence-electron chi connectivity index (χ1n) is 10.4. The van der Waals surface area contributed by atoms with Gasteiger partial charge in [0.1, 0.15) is 5.82 Å². The van der Waals surface area contributed by atoms with E-state index in [1.807, 2.05) is 12.1 Å². The highest BCUT2D eigenvalue weighted by Gasteiger charge is 2.50. The number of aromatic amines is 1. The van der Waals surface area contributed by atoms with Crippen molar-refractivity contribution in [3.8, 4) is 0 Å². The summed E-state index contributed by atoms with van der Waals surface area (Å²) in [7, 11) is 0. The van der Waals surface area contributed by atoms with Crippen LogP contribution in [0.1, 0.15) is 49.1 Å². The lowest BCUT2D eigenvalue weighted by Crippen LogP contribution is -2.59. The van der Waals surface area contributed by atoms with Gasteiger partial charge in [0.15, 0.2) is 0 Å². The second kappa shape index (κ2) is 9.12. The molecule has 5 rings (SSSR count). The van der Waals surface area contributed by atoms with Gasteiger partial charge in [-0.2, -0.15) is 0 Å². The molecule has 2 fully saturated rings. The van der Waals surface area contributed by atoms with E-state index in [2.05, 4.69) is 19.8 Å². The summed E-state index contributed by atoms with van der Waals surface area (Å²) in [6, 6.07) is 3.98. The number of carbonyl (C=O) groups is 1. The highest BCUT2D eigenvalue weighted by molar-refractivity contribution is 5.85. The Morgan fingerprint density at radius 3 is 2.63 bits per heavy atom. The Kier molecular flexibility index (Phi) is 6.95. The minimum atomic E-state index is -0.253. The number of nitrogen functional groups attached to an aromatic ring is 1. The van der Waals surface area contributed by atoms with Crippen LogP contribution in [0, 0.1) is 5.92 Å². The van der Waals surface area contributed by atoms with Crippen LogP contribution in [-0.2, 0) is 23.3 Å². The molecule has 1 saturated heterocycles. The van der Waals surface area contributed by atoms with Gasteiger partial charge in [-0.3, -0.25) is 9.69 Å². The number of piperidine rings is 1. The molecule has 1 saturated carbocycles. The number of H-pyrrole nitrogens is 1. The van der Waals surface area contributed by atoms with Crippen molar-refractivity contribution in [2.75, 3.05) is 25.4 Å². The summed E-state index contributed by atoms with van der Waals surface area (Å²) in [5, 5.41) is 0. The first kappa shape index (κ1) is 22.8. The number of nitrogens with one attached hydrogen (secondary N) is 1. The van der Waals surface area contributed by atoms with Crippen molar-refractivity contribution in [3.63, 3.8) is 0 Å². The summed E-state index contributed by atoms with van der Waals surface area (Å²) in [4.78, 5) is 30.1. The predicted molar refractivity (Wildman–Crippen MR) is 121 cm³/mol.